The second-order valence-electron chi connectivity index (χ2n) is 2.39. The van der Waals surface area contributed by atoms with E-state index in [1.807, 2.05) is 0 Å². The highest BCUT2D eigenvalue weighted by atomic mass is 19.1. The van der Waals surface area contributed by atoms with Crippen molar-refractivity contribution in [1.82, 2.24) is 0 Å². The van der Waals surface area contributed by atoms with Crippen LogP contribution in [0.15, 0.2) is 12.1 Å². The minimum atomic E-state index is -0.743. The van der Waals surface area contributed by atoms with E-state index < -0.39 is 11.6 Å². The highest BCUT2D eigenvalue weighted by molar-refractivity contribution is 5.31. The van der Waals surface area contributed by atoms with Gasteiger partial charge in [-0.25, -0.2) is 15.4 Å². The van der Waals surface area contributed by atoms with Crippen molar-refractivity contribution >= 4 is 0 Å². The predicted molar refractivity (Wildman–Crippen MR) is 43.2 cm³/mol. The standard InChI is InChI=1S/C9H7F2NO/c1-12-5-7-8(10)3-6(13-2)4-9(7)11/h3-4H,5H2,2H3. The summed E-state index contributed by atoms with van der Waals surface area (Å²) in [7, 11) is 1.32. The van der Waals surface area contributed by atoms with Gasteiger partial charge >= 0.3 is 0 Å². The van der Waals surface area contributed by atoms with E-state index in [4.69, 9.17) is 6.57 Å². The summed E-state index contributed by atoms with van der Waals surface area (Å²) in [5.74, 6) is -1.37. The van der Waals surface area contributed by atoms with Crippen molar-refractivity contribution in [2.75, 3.05) is 7.11 Å². The lowest BCUT2D eigenvalue weighted by molar-refractivity contribution is 0.405. The van der Waals surface area contributed by atoms with Crippen molar-refractivity contribution in [3.63, 3.8) is 0 Å². The molecular weight excluding hydrogens is 176 g/mol. The molecule has 68 valence electrons. The zero-order valence-corrected chi connectivity index (χ0v) is 6.97. The van der Waals surface area contributed by atoms with Crippen LogP contribution in [0.2, 0.25) is 0 Å². The third-order valence-electron chi connectivity index (χ3n) is 1.59. The van der Waals surface area contributed by atoms with Gasteiger partial charge in [-0.1, -0.05) is 0 Å². The van der Waals surface area contributed by atoms with E-state index in [9.17, 15) is 8.78 Å². The summed E-state index contributed by atoms with van der Waals surface area (Å²) in [5, 5.41) is 0. The van der Waals surface area contributed by atoms with Gasteiger partial charge in [0.1, 0.15) is 22.9 Å². The van der Waals surface area contributed by atoms with Gasteiger partial charge in [0, 0.05) is 12.1 Å². The SMILES string of the molecule is [C-]#[N+]Cc1c(F)cc(OC)cc1F. The van der Waals surface area contributed by atoms with Crippen LogP contribution in [0.5, 0.6) is 5.75 Å². The van der Waals surface area contributed by atoms with Crippen LogP contribution in [0.1, 0.15) is 5.56 Å². The van der Waals surface area contributed by atoms with Crippen LogP contribution in [-0.2, 0) is 6.54 Å². The normalized spacial score (nSPS) is 9.38. The summed E-state index contributed by atoms with van der Waals surface area (Å²) in [4.78, 5) is 2.91. The Labute approximate surface area is 74.6 Å². The molecule has 0 N–H and O–H groups in total. The molecule has 0 saturated carbocycles. The Bertz CT molecular complexity index is 334. The van der Waals surface area contributed by atoms with Crippen LogP contribution < -0.4 is 4.74 Å². The molecule has 0 radical (unpaired) electrons. The van der Waals surface area contributed by atoms with Gasteiger partial charge in [-0.3, -0.25) is 0 Å². The zero-order valence-electron chi connectivity index (χ0n) is 6.97. The summed E-state index contributed by atoms with van der Waals surface area (Å²) in [6.07, 6.45) is 0. The molecule has 0 aromatic heterocycles. The predicted octanol–water partition coefficient (Wildman–Crippen LogP) is 2.39. The van der Waals surface area contributed by atoms with Crippen molar-refractivity contribution < 1.29 is 13.5 Å². The molecule has 13 heavy (non-hydrogen) atoms. The highest BCUT2D eigenvalue weighted by Gasteiger charge is 2.13. The molecule has 0 atom stereocenters. The topological polar surface area (TPSA) is 13.6 Å². The van der Waals surface area contributed by atoms with Gasteiger partial charge in [0.15, 0.2) is 0 Å². The smallest absolute Gasteiger partial charge is 0.245 e. The first-order valence-corrected chi connectivity index (χ1v) is 3.54. The van der Waals surface area contributed by atoms with Crippen LogP contribution in [0.3, 0.4) is 0 Å². The first-order valence-electron chi connectivity index (χ1n) is 3.54. The lowest BCUT2D eigenvalue weighted by Crippen LogP contribution is -1.95. The highest BCUT2D eigenvalue weighted by Crippen LogP contribution is 2.20. The average molecular weight is 183 g/mol. The van der Waals surface area contributed by atoms with Crippen molar-refractivity contribution in [3.8, 4) is 5.75 Å². The second-order valence-corrected chi connectivity index (χ2v) is 2.39. The molecule has 1 aromatic rings. The van der Waals surface area contributed by atoms with Gasteiger partial charge in [0.2, 0.25) is 6.54 Å². The molecule has 0 heterocycles. The Hall–Kier alpha value is -1.63. The lowest BCUT2D eigenvalue weighted by Gasteiger charge is -2.02. The average Bonchev–Trinajstić information content (AvgIpc) is 2.11. The van der Waals surface area contributed by atoms with Gasteiger partial charge in [0.25, 0.3) is 0 Å². The van der Waals surface area contributed by atoms with E-state index in [0.29, 0.717) is 0 Å². The maximum Gasteiger partial charge on any atom is 0.245 e. The number of benzene rings is 1. The Morgan fingerprint density at radius 2 is 1.92 bits per heavy atom. The van der Waals surface area contributed by atoms with E-state index >= 15 is 0 Å². The first kappa shape index (κ1) is 9.46. The van der Waals surface area contributed by atoms with E-state index in [1.165, 1.54) is 7.11 Å². The van der Waals surface area contributed by atoms with Gasteiger partial charge in [-0.15, -0.1) is 0 Å². The van der Waals surface area contributed by atoms with Crippen LogP contribution in [-0.4, -0.2) is 7.11 Å². The lowest BCUT2D eigenvalue weighted by atomic mass is 10.2. The Kier molecular flexibility index (Phi) is 2.80. The van der Waals surface area contributed by atoms with Gasteiger partial charge in [-0.2, -0.15) is 0 Å². The fourth-order valence-electron chi connectivity index (χ4n) is 0.928. The maximum absolute atomic E-state index is 13.0. The van der Waals surface area contributed by atoms with Gasteiger partial charge in [-0.05, 0) is 0 Å². The number of hydrogen-bond acceptors (Lipinski definition) is 1. The van der Waals surface area contributed by atoms with E-state index in [1.54, 1.807) is 0 Å². The van der Waals surface area contributed by atoms with Crippen molar-refractivity contribution in [1.29, 1.82) is 0 Å². The molecule has 0 unspecified atom stereocenters. The molecule has 0 aliphatic rings. The van der Waals surface area contributed by atoms with Gasteiger partial charge < -0.3 is 9.58 Å². The van der Waals surface area contributed by atoms with Crippen LogP contribution in [0.25, 0.3) is 4.85 Å². The third kappa shape index (κ3) is 1.94. The van der Waals surface area contributed by atoms with Gasteiger partial charge in [0.05, 0.1) is 7.11 Å². The Balaban J connectivity index is 3.16. The van der Waals surface area contributed by atoms with Crippen molar-refractivity contribution in [3.05, 3.63) is 40.7 Å². The van der Waals surface area contributed by atoms with Crippen LogP contribution in [0.4, 0.5) is 8.78 Å². The molecule has 0 fully saturated rings. The molecule has 4 heteroatoms. The first-order chi connectivity index (χ1) is 6.19. The molecular formula is C9H7F2NO. The van der Waals surface area contributed by atoms with E-state index in [2.05, 4.69) is 9.58 Å². The Morgan fingerprint density at radius 1 is 1.38 bits per heavy atom. The minimum Gasteiger partial charge on any atom is -0.497 e. The maximum atomic E-state index is 13.0. The van der Waals surface area contributed by atoms with E-state index in [0.717, 1.165) is 12.1 Å². The van der Waals surface area contributed by atoms with Crippen molar-refractivity contribution in [2.24, 2.45) is 0 Å². The molecule has 2 nitrogen and oxygen atoms in total. The molecule has 0 saturated heterocycles. The van der Waals surface area contributed by atoms with Crippen LogP contribution in [0, 0.1) is 18.2 Å². The largest absolute Gasteiger partial charge is 0.497 e. The van der Waals surface area contributed by atoms with E-state index in [-0.39, 0.29) is 17.9 Å². The third-order valence-corrected chi connectivity index (χ3v) is 1.59. The minimum absolute atomic E-state index is 0.115. The molecule has 1 rings (SSSR count). The number of halogens is 2. The Morgan fingerprint density at radius 3 is 2.31 bits per heavy atom. The fraction of sp³-hybridized carbons (Fsp3) is 0.222. The molecule has 0 aliphatic heterocycles. The van der Waals surface area contributed by atoms with Crippen molar-refractivity contribution in [2.45, 2.75) is 6.54 Å². The number of methoxy groups -OCH3 is 1. The summed E-state index contributed by atoms with van der Waals surface area (Å²) >= 11 is 0. The molecule has 0 amide bonds. The zero-order chi connectivity index (χ0) is 9.84. The number of rotatable bonds is 2. The molecule has 0 bridgehead atoms. The molecule has 1 aromatic carbocycles. The quantitative estimate of drug-likeness (QED) is 0.642. The summed E-state index contributed by atoms with van der Waals surface area (Å²) in [5.41, 5.74) is -0.212. The van der Waals surface area contributed by atoms with Crippen LogP contribution >= 0.6 is 0 Å². The summed E-state index contributed by atoms with van der Waals surface area (Å²) < 4.78 is 30.7. The summed E-state index contributed by atoms with van der Waals surface area (Å²) in [6, 6.07) is 2.12. The monoisotopic (exact) mass is 183 g/mol. The number of hydrogen-bond donors (Lipinski definition) is 0. The number of ether oxygens (including phenoxy) is 1. The number of nitrogens with zero attached hydrogens (tertiary/aromatic N) is 1. The molecule has 0 spiro atoms. The fourth-order valence-corrected chi connectivity index (χ4v) is 0.928. The summed E-state index contributed by atoms with van der Waals surface area (Å²) in [6.45, 7) is 6.20. The molecule has 0 aliphatic carbocycles. The second kappa shape index (κ2) is 3.85.